The van der Waals surface area contributed by atoms with Crippen LogP contribution in [0.5, 0.6) is 0 Å². The molecule has 1 aromatic heterocycles. The highest BCUT2D eigenvalue weighted by atomic mass is 16.2. The fourth-order valence-corrected chi connectivity index (χ4v) is 4.08. The van der Waals surface area contributed by atoms with Gasteiger partial charge in [-0.05, 0) is 30.4 Å². The van der Waals surface area contributed by atoms with Gasteiger partial charge in [0.05, 0.1) is 17.4 Å². The smallest absolute Gasteiger partial charge is 0.254 e. The fourth-order valence-electron chi connectivity index (χ4n) is 4.08. The third-order valence-electron chi connectivity index (χ3n) is 5.37. The van der Waals surface area contributed by atoms with Crippen molar-refractivity contribution >= 4 is 5.91 Å². The Balaban J connectivity index is 1.55. The van der Waals surface area contributed by atoms with E-state index in [1.807, 2.05) is 17.0 Å². The molecule has 0 fully saturated rings. The Morgan fingerprint density at radius 1 is 1.17 bits per heavy atom. The van der Waals surface area contributed by atoms with Gasteiger partial charge in [-0.3, -0.25) is 9.59 Å². The second-order valence-corrected chi connectivity index (χ2v) is 7.13. The van der Waals surface area contributed by atoms with Crippen molar-refractivity contribution in [3.8, 4) is 0 Å². The summed E-state index contributed by atoms with van der Waals surface area (Å²) in [4.78, 5) is 34.0. The SMILES string of the molecule is CC1(C(=O)N2CCc3nc[nH]c(=O)c3CC2)Cc2ccccc2C1. The molecule has 0 unspecified atom stereocenters. The topological polar surface area (TPSA) is 66.1 Å². The van der Waals surface area contributed by atoms with E-state index in [0.717, 1.165) is 24.1 Å². The van der Waals surface area contributed by atoms with Crippen molar-refractivity contribution in [3.63, 3.8) is 0 Å². The van der Waals surface area contributed by atoms with E-state index in [2.05, 4.69) is 29.0 Å². The molecule has 24 heavy (non-hydrogen) atoms. The molecule has 1 aliphatic carbocycles. The number of rotatable bonds is 1. The van der Waals surface area contributed by atoms with Crippen molar-refractivity contribution < 1.29 is 4.79 Å². The predicted molar refractivity (Wildman–Crippen MR) is 90.8 cm³/mol. The Bertz CT molecular complexity index is 831. The molecule has 2 heterocycles. The molecule has 4 rings (SSSR count). The van der Waals surface area contributed by atoms with Crippen LogP contribution in [0.4, 0.5) is 0 Å². The number of nitrogens with zero attached hydrogens (tertiary/aromatic N) is 2. The first kappa shape index (κ1) is 15.1. The molecule has 0 saturated heterocycles. The van der Waals surface area contributed by atoms with E-state index < -0.39 is 0 Å². The quantitative estimate of drug-likeness (QED) is 0.865. The second-order valence-electron chi connectivity index (χ2n) is 7.13. The largest absolute Gasteiger partial charge is 0.341 e. The Kier molecular flexibility index (Phi) is 3.52. The summed E-state index contributed by atoms with van der Waals surface area (Å²) in [5, 5.41) is 0. The number of fused-ring (bicyclic) bond motifs is 2. The number of carbonyl (C=O) groups excluding carboxylic acids is 1. The molecule has 2 aromatic rings. The van der Waals surface area contributed by atoms with Gasteiger partial charge in [0.15, 0.2) is 0 Å². The third kappa shape index (κ3) is 2.44. The van der Waals surface area contributed by atoms with Gasteiger partial charge in [0.2, 0.25) is 5.91 Å². The summed E-state index contributed by atoms with van der Waals surface area (Å²) in [6.45, 7) is 3.29. The minimum atomic E-state index is -0.375. The third-order valence-corrected chi connectivity index (χ3v) is 5.37. The Morgan fingerprint density at radius 2 is 1.83 bits per heavy atom. The number of nitrogens with one attached hydrogen (secondary N) is 1. The van der Waals surface area contributed by atoms with Crippen molar-refractivity contribution in [2.75, 3.05) is 13.1 Å². The van der Waals surface area contributed by atoms with Crippen LogP contribution in [0.15, 0.2) is 35.4 Å². The van der Waals surface area contributed by atoms with Gasteiger partial charge in [0.25, 0.3) is 5.56 Å². The van der Waals surface area contributed by atoms with E-state index in [4.69, 9.17) is 0 Å². The maximum absolute atomic E-state index is 13.2. The summed E-state index contributed by atoms with van der Waals surface area (Å²) in [5.41, 5.74) is 3.67. The molecule has 1 aliphatic heterocycles. The minimum absolute atomic E-state index is 0.0752. The van der Waals surface area contributed by atoms with Crippen LogP contribution in [0.2, 0.25) is 0 Å². The molecular weight excluding hydrogens is 302 g/mol. The highest BCUT2D eigenvalue weighted by Gasteiger charge is 2.42. The Morgan fingerprint density at radius 3 is 2.54 bits per heavy atom. The standard InChI is InChI=1S/C19H21N3O2/c1-19(10-13-4-2-3-5-14(13)11-19)18(24)22-8-6-15-16(7-9-22)20-12-21-17(15)23/h2-5,12H,6-11H2,1H3,(H,20,21,23). The number of amides is 1. The molecule has 5 nitrogen and oxygen atoms in total. The van der Waals surface area contributed by atoms with Crippen LogP contribution in [-0.4, -0.2) is 33.9 Å². The van der Waals surface area contributed by atoms with Gasteiger partial charge in [-0.15, -0.1) is 0 Å². The van der Waals surface area contributed by atoms with E-state index in [1.54, 1.807) is 0 Å². The van der Waals surface area contributed by atoms with Crippen molar-refractivity contribution in [1.82, 2.24) is 14.9 Å². The van der Waals surface area contributed by atoms with Crippen LogP contribution >= 0.6 is 0 Å². The molecule has 1 amide bonds. The normalized spacial score (nSPS) is 18.6. The maximum atomic E-state index is 13.2. The van der Waals surface area contributed by atoms with E-state index >= 15 is 0 Å². The summed E-state index contributed by atoms with van der Waals surface area (Å²) >= 11 is 0. The predicted octanol–water partition coefficient (Wildman–Crippen LogP) is 1.50. The van der Waals surface area contributed by atoms with Crippen molar-refractivity contribution in [2.24, 2.45) is 5.41 Å². The lowest BCUT2D eigenvalue weighted by Gasteiger charge is -2.31. The van der Waals surface area contributed by atoms with Gasteiger partial charge >= 0.3 is 0 Å². The maximum Gasteiger partial charge on any atom is 0.254 e. The molecule has 1 N–H and O–H groups in total. The van der Waals surface area contributed by atoms with Crippen LogP contribution < -0.4 is 5.56 Å². The molecule has 0 bridgehead atoms. The summed E-state index contributed by atoms with van der Waals surface area (Å²) in [5.74, 6) is 0.197. The average molecular weight is 323 g/mol. The first-order valence-electron chi connectivity index (χ1n) is 8.48. The summed E-state index contributed by atoms with van der Waals surface area (Å²) < 4.78 is 0. The summed E-state index contributed by atoms with van der Waals surface area (Å²) in [7, 11) is 0. The molecule has 0 spiro atoms. The van der Waals surface area contributed by atoms with Crippen LogP contribution in [0.3, 0.4) is 0 Å². The number of H-pyrrole nitrogens is 1. The number of benzene rings is 1. The van der Waals surface area contributed by atoms with Crippen LogP contribution in [0.1, 0.15) is 29.3 Å². The molecule has 124 valence electrons. The van der Waals surface area contributed by atoms with Crippen LogP contribution in [0.25, 0.3) is 0 Å². The number of aromatic nitrogens is 2. The van der Waals surface area contributed by atoms with Gasteiger partial charge in [-0.2, -0.15) is 0 Å². The first-order valence-corrected chi connectivity index (χ1v) is 8.48. The number of hydrogen-bond acceptors (Lipinski definition) is 3. The van der Waals surface area contributed by atoms with Crippen LogP contribution in [0, 0.1) is 5.41 Å². The Labute approximate surface area is 140 Å². The first-order chi connectivity index (χ1) is 11.6. The molecule has 0 atom stereocenters. The Hall–Kier alpha value is -2.43. The number of aromatic amines is 1. The number of carbonyl (C=O) groups is 1. The van der Waals surface area contributed by atoms with E-state index in [1.165, 1.54) is 17.5 Å². The molecule has 5 heteroatoms. The minimum Gasteiger partial charge on any atom is -0.341 e. The highest BCUT2D eigenvalue weighted by Crippen LogP contribution is 2.38. The fraction of sp³-hybridized carbons (Fsp3) is 0.421. The molecule has 2 aliphatic rings. The van der Waals surface area contributed by atoms with E-state index in [-0.39, 0.29) is 16.9 Å². The second kappa shape index (κ2) is 5.58. The lowest BCUT2D eigenvalue weighted by Crippen LogP contribution is -2.44. The highest BCUT2D eigenvalue weighted by molar-refractivity contribution is 5.84. The van der Waals surface area contributed by atoms with Gasteiger partial charge in [-0.25, -0.2) is 4.98 Å². The van der Waals surface area contributed by atoms with Crippen molar-refractivity contribution in [1.29, 1.82) is 0 Å². The zero-order valence-corrected chi connectivity index (χ0v) is 13.8. The molecule has 1 aromatic carbocycles. The number of hydrogen-bond donors (Lipinski definition) is 1. The van der Waals surface area contributed by atoms with Gasteiger partial charge in [0, 0.05) is 25.1 Å². The molecule has 0 radical (unpaired) electrons. The van der Waals surface area contributed by atoms with Crippen LogP contribution in [-0.2, 0) is 30.5 Å². The summed E-state index contributed by atoms with van der Waals surface area (Å²) in [6, 6.07) is 8.32. The van der Waals surface area contributed by atoms with Crippen molar-refractivity contribution in [3.05, 3.63) is 63.3 Å². The van der Waals surface area contributed by atoms with Gasteiger partial charge < -0.3 is 9.88 Å². The van der Waals surface area contributed by atoms with Gasteiger partial charge in [0.1, 0.15) is 0 Å². The van der Waals surface area contributed by atoms with E-state index in [0.29, 0.717) is 25.9 Å². The molecular formula is C19H21N3O2. The molecule has 0 saturated carbocycles. The average Bonchev–Trinajstić information content (AvgIpc) is 2.78. The van der Waals surface area contributed by atoms with Crippen molar-refractivity contribution in [2.45, 2.75) is 32.6 Å². The zero-order chi connectivity index (χ0) is 16.7. The lowest BCUT2D eigenvalue weighted by atomic mass is 9.85. The van der Waals surface area contributed by atoms with Gasteiger partial charge in [-0.1, -0.05) is 31.2 Å². The van der Waals surface area contributed by atoms with E-state index in [9.17, 15) is 9.59 Å². The lowest BCUT2D eigenvalue weighted by molar-refractivity contribution is -0.140. The summed E-state index contributed by atoms with van der Waals surface area (Å²) in [6.07, 6.45) is 4.27. The monoisotopic (exact) mass is 323 g/mol. The zero-order valence-electron chi connectivity index (χ0n) is 13.8.